The molecule has 0 spiro atoms. The summed E-state index contributed by atoms with van der Waals surface area (Å²) in [5.74, 6) is 0.610. The van der Waals surface area contributed by atoms with Gasteiger partial charge in [-0.15, -0.1) is 42.0 Å². The molecule has 0 saturated heterocycles. The number of pyridine rings is 2. The predicted octanol–water partition coefficient (Wildman–Crippen LogP) is 9.71. The molecule has 239 valence electrons. The predicted molar refractivity (Wildman–Crippen MR) is 184 cm³/mol. The first-order chi connectivity index (χ1) is 23.6. The number of hydrogen-bond donors (Lipinski definition) is 0. The molecule has 3 heterocycles. The van der Waals surface area contributed by atoms with Crippen molar-refractivity contribution in [1.29, 1.82) is 0 Å². The number of fused-ring (bicyclic) bond motifs is 1. The molecule has 0 unspecified atom stereocenters. The zero-order valence-electron chi connectivity index (χ0n) is 25.8. The van der Waals surface area contributed by atoms with Gasteiger partial charge in [-0.25, -0.2) is 15.0 Å². The van der Waals surface area contributed by atoms with Crippen molar-refractivity contribution in [2.24, 2.45) is 0 Å². The molecule has 0 fully saturated rings. The minimum atomic E-state index is -0.649. The number of hydrogen-bond acceptors (Lipinski definition) is 5. The minimum absolute atomic E-state index is 0. The van der Waals surface area contributed by atoms with Crippen LogP contribution in [-0.4, -0.2) is 24.9 Å². The Balaban J connectivity index is 0.000000234. The summed E-state index contributed by atoms with van der Waals surface area (Å²) < 4.78 is 25.8. The van der Waals surface area contributed by atoms with E-state index in [1.807, 2.05) is 103 Å². The first-order valence-corrected chi connectivity index (χ1v) is 15.1. The molecule has 8 rings (SSSR count). The molecule has 1 radical (unpaired) electrons. The fourth-order valence-corrected chi connectivity index (χ4v) is 5.17. The van der Waals surface area contributed by atoms with Gasteiger partial charge >= 0.3 is 0 Å². The fourth-order valence-electron chi connectivity index (χ4n) is 5.17. The van der Waals surface area contributed by atoms with E-state index in [1.165, 1.54) is 0 Å². The van der Waals surface area contributed by atoms with Crippen molar-refractivity contribution in [2.45, 2.75) is 0 Å². The van der Waals surface area contributed by atoms with Crippen LogP contribution in [0.25, 0.3) is 67.5 Å². The third-order valence-electron chi connectivity index (χ3n) is 7.47. The molecule has 0 aliphatic rings. The summed E-state index contributed by atoms with van der Waals surface area (Å²) in [5, 5.41) is 2.23. The van der Waals surface area contributed by atoms with E-state index in [0.29, 0.717) is 23.2 Å². The second-order valence-corrected chi connectivity index (χ2v) is 10.7. The Bertz CT molecular complexity index is 2260. The van der Waals surface area contributed by atoms with Gasteiger partial charge in [-0.2, -0.15) is 0 Å². The number of aromatic nitrogens is 5. The molecule has 0 aliphatic heterocycles. The summed E-state index contributed by atoms with van der Waals surface area (Å²) in [4.78, 5) is 23.1. The molecule has 0 bridgehead atoms. The molecule has 0 amide bonds. The number of rotatable bonds is 5. The van der Waals surface area contributed by atoms with E-state index >= 15 is 0 Å². The Hall–Kier alpha value is -5.82. The van der Waals surface area contributed by atoms with Crippen LogP contribution < -0.4 is 0 Å². The van der Waals surface area contributed by atoms with Gasteiger partial charge < -0.3 is 9.97 Å². The van der Waals surface area contributed by atoms with Crippen molar-refractivity contribution >= 4 is 10.8 Å². The van der Waals surface area contributed by atoms with E-state index < -0.39 is 11.6 Å². The van der Waals surface area contributed by atoms with Crippen LogP contribution in [0.5, 0.6) is 0 Å². The van der Waals surface area contributed by atoms with Crippen LogP contribution in [0.2, 0.25) is 0 Å². The standard InChI is InChI=1S/C30H19N4.C11H6F2N.Ir/c1-3-11-22(12-4-1)28-32-29(23-13-5-2-6-14-23)34-30(33-28)25-16-9-15-24(20-25)27-26-17-8-7-10-21(26)18-19-31-27;12-8-4-5-9(10(13)7-8)11-3-1-2-6-14-11;/h1-14,16-20H;1-4,6-7H;/q2*-1;. The molecule has 0 N–H and O–H groups in total. The summed E-state index contributed by atoms with van der Waals surface area (Å²) in [6, 6.07) is 49.0. The molecule has 49 heavy (non-hydrogen) atoms. The minimum Gasteiger partial charge on any atom is -0.305 e. The van der Waals surface area contributed by atoms with Gasteiger partial charge in [0.2, 0.25) is 0 Å². The monoisotopic (exact) mass is 818 g/mol. The van der Waals surface area contributed by atoms with Gasteiger partial charge in [0.15, 0.2) is 11.6 Å². The van der Waals surface area contributed by atoms with Crippen molar-refractivity contribution in [1.82, 2.24) is 24.9 Å². The first-order valence-electron chi connectivity index (χ1n) is 15.1. The van der Waals surface area contributed by atoms with E-state index in [-0.39, 0.29) is 25.7 Å². The van der Waals surface area contributed by atoms with Crippen LogP contribution in [0.3, 0.4) is 0 Å². The molecule has 0 atom stereocenters. The average Bonchev–Trinajstić information content (AvgIpc) is 3.16. The molecule has 5 nitrogen and oxygen atoms in total. The first kappa shape index (κ1) is 33.1. The van der Waals surface area contributed by atoms with Crippen molar-refractivity contribution < 1.29 is 28.9 Å². The Labute approximate surface area is 295 Å². The van der Waals surface area contributed by atoms with Crippen molar-refractivity contribution in [3.05, 3.63) is 176 Å². The molecule has 5 aromatic carbocycles. The van der Waals surface area contributed by atoms with Gasteiger partial charge in [-0.3, -0.25) is 8.78 Å². The van der Waals surface area contributed by atoms with E-state index in [1.54, 1.807) is 24.4 Å². The normalized spacial score (nSPS) is 10.5. The summed E-state index contributed by atoms with van der Waals surface area (Å²) in [5.41, 5.74) is 5.21. The maximum absolute atomic E-state index is 13.2. The van der Waals surface area contributed by atoms with Crippen molar-refractivity contribution in [3.8, 4) is 56.7 Å². The molecule has 3 aromatic heterocycles. The Morgan fingerprint density at radius 2 is 1.16 bits per heavy atom. The Morgan fingerprint density at radius 1 is 0.531 bits per heavy atom. The van der Waals surface area contributed by atoms with Gasteiger partial charge in [-0.05, 0) is 34.3 Å². The van der Waals surface area contributed by atoms with E-state index in [2.05, 4.69) is 34.2 Å². The zero-order valence-corrected chi connectivity index (χ0v) is 28.2. The van der Waals surface area contributed by atoms with Gasteiger partial charge in [0.1, 0.15) is 5.82 Å². The quantitative estimate of drug-likeness (QED) is 0.162. The maximum atomic E-state index is 13.2. The Kier molecular flexibility index (Phi) is 10.4. The topological polar surface area (TPSA) is 64.5 Å². The second kappa shape index (κ2) is 15.4. The maximum Gasteiger partial charge on any atom is 0.164 e. The van der Waals surface area contributed by atoms with Crippen molar-refractivity contribution in [3.63, 3.8) is 0 Å². The van der Waals surface area contributed by atoms with Crippen LogP contribution in [0.4, 0.5) is 8.78 Å². The van der Waals surface area contributed by atoms with Gasteiger partial charge in [0, 0.05) is 55.3 Å². The molecule has 8 aromatic rings. The van der Waals surface area contributed by atoms with Crippen LogP contribution in [0, 0.1) is 23.8 Å². The van der Waals surface area contributed by atoms with Crippen molar-refractivity contribution in [2.75, 3.05) is 0 Å². The summed E-state index contributed by atoms with van der Waals surface area (Å²) in [7, 11) is 0. The Morgan fingerprint density at radius 3 is 1.82 bits per heavy atom. The van der Waals surface area contributed by atoms with Crippen LogP contribution in [0.1, 0.15) is 0 Å². The third kappa shape index (κ3) is 7.68. The fraction of sp³-hybridized carbons (Fsp3) is 0. The largest absolute Gasteiger partial charge is 0.305 e. The molecule has 0 saturated carbocycles. The van der Waals surface area contributed by atoms with Gasteiger partial charge in [0.25, 0.3) is 0 Å². The molecule has 8 heteroatoms. The SMILES string of the molecule is Fc1c[c-]c(-c2ccccn2)c(F)c1.[Ir].[c-]1ccc(-c2nc(-c3ccccc3)nc(-c3ccccc3)n2)cc1-c1nccc2ccccc12. The van der Waals surface area contributed by atoms with Crippen LogP contribution in [-0.2, 0) is 20.1 Å². The van der Waals surface area contributed by atoms with Crippen LogP contribution >= 0.6 is 0 Å². The smallest absolute Gasteiger partial charge is 0.164 e. The summed E-state index contributed by atoms with van der Waals surface area (Å²) in [6.45, 7) is 0. The second-order valence-electron chi connectivity index (χ2n) is 10.7. The van der Waals surface area contributed by atoms with E-state index in [0.717, 1.165) is 50.9 Å². The summed E-state index contributed by atoms with van der Waals surface area (Å²) >= 11 is 0. The van der Waals surface area contributed by atoms with E-state index in [4.69, 9.17) is 15.0 Å². The van der Waals surface area contributed by atoms with Gasteiger partial charge in [-0.1, -0.05) is 114 Å². The van der Waals surface area contributed by atoms with Gasteiger partial charge in [0.05, 0.1) is 0 Å². The van der Waals surface area contributed by atoms with E-state index in [9.17, 15) is 8.78 Å². The molecular formula is C41H25F2IrN5-2. The number of benzene rings is 5. The molecule has 0 aliphatic carbocycles. The molecular weight excluding hydrogens is 793 g/mol. The number of halogens is 2. The third-order valence-corrected chi connectivity index (χ3v) is 7.47. The average molecular weight is 818 g/mol. The van der Waals surface area contributed by atoms with Crippen LogP contribution in [0.15, 0.2) is 152 Å². The zero-order chi connectivity index (χ0) is 32.7. The summed E-state index contributed by atoms with van der Waals surface area (Å²) in [6.07, 6.45) is 3.38. The number of nitrogens with zero attached hydrogens (tertiary/aromatic N) is 5.